The molecule has 162 valence electrons. The van der Waals surface area contributed by atoms with Gasteiger partial charge in [0.05, 0.1) is 31.5 Å². The van der Waals surface area contributed by atoms with Crippen LogP contribution in [0.4, 0.5) is 14.5 Å². The molecule has 0 heterocycles. The number of carbonyl (C=O) groups is 2. The summed E-state index contributed by atoms with van der Waals surface area (Å²) < 4.78 is 39.3. The summed E-state index contributed by atoms with van der Waals surface area (Å²) in [5, 5.41) is 2.71. The number of carbonyl (C=O) groups excluding carboxylic acids is 2. The van der Waals surface area contributed by atoms with Crippen LogP contribution in [-0.4, -0.2) is 50.7 Å². The number of halogens is 2. The van der Waals surface area contributed by atoms with Crippen molar-refractivity contribution in [3.8, 4) is 11.5 Å². The number of esters is 1. The van der Waals surface area contributed by atoms with E-state index in [1.807, 2.05) is 0 Å². The molecule has 0 unspecified atom stereocenters. The van der Waals surface area contributed by atoms with Gasteiger partial charge in [0, 0.05) is 6.54 Å². The Bertz CT molecular complexity index is 876. The number of benzene rings is 2. The molecule has 7 nitrogen and oxygen atoms in total. The third kappa shape index (κ3) is 6.70. The maximum absolute atomic E-state index is 12.4. The number of amides is 1. The lowest BCUT2D eigenvalue weighted by Gasteiger charge is -2.18. The van der Waals surface area contributed by atoms with Gasteiger partial charge < -0.3 is 19.5 Å². The topological polar surface area (TPSA) is 77.1 Å². The standard InChI is InChI=1S/C21H24F2N2O5/c1-4-29-20(27)15-7-5-6-8-16(15)24-19(26)13-25(2)12-14-9-10-17(30-21(22)23)18(11-14)28-3/h5-11,21H,4,12-13H2,1-3H3,(H,24,26). The third-order valence-corrected chi connectivity index (χ3v) is 4.01. The van der Waals surface area contributed by atoms with Crippen molar-refractivity contribution < 1.29 is 32.6 Å². The van der Waals surface area contributed by atoms with Gasteiger partial charge >= 0.3 is 12.6 Å². The number of nitrogens with one attached hydrogen (secondary N) is 1. The van der Waals surface area contributed by atoms with Gasteiger partial charge in [-0.05, 0) is 43.8 Å². The number of hydrogen-bond acceptors (Lipinski definition) is 6. The molecule has 0 aliphatic heterocycles. The van der Waals surface area contributed by atoms with Crippen molar-refractivity contribution in [1.29, 1.82) is 0 Å². The first-order valence-electron chi connectivity index (χ1n) is 9.20. The van der Waals surface area contributed by atoms with E-state index in [1.54, 1.807) is 55.3 Å². The molecule has 30 heavy (non-hydrogen) atoms. The van der Waals surface area contributed by atoms with Gasteiger partial charge in [0.1, 0.15) is 0 Å². The van der Waals surface area contributed by atoms with Crippen molar-refractivity contribution in [2.24, 2.45) is 0 Å². The summed E-state index contributed by atoms with van der Waals surface area (Å²) in [6, 6.07) is 11.2. The molecular weight excluding hydrogens is 398 g/mol. The zero-order chi connectivity index (χ0) is 22.1. The Hall–Kier alpha value is -3.20. The quantitative estimate of drug-likeness (QED) is 0.590. The third-order valence-electron chi connectivity index (χ3n) is 4.01. The molecule has 0 saturated carbocycles. The molecule has 0 spiro atoms. The Balaban J connectivity index is 1.99. The van der Waals surface area contributed by atoms with Gasteiger partial charge in [0.15, 0.2) is 11.5 Å². The molecule has 1 amide bonds. The summed E-state index contributed by atoms with van der Waals surface area (Å²) in [5.41, 5.74) is 1.38. The van der Waals surface area contributed by atoms with Crippen molar-refractivity contribution in [2.75, 3.05) is 32.6 Å². The molecule has 0 aliphatic carbocycles. The minimum absolute atomic E-state index is 0.0365. The fraction of sp³-hybridized carbons (Fsp3) is 0.333. The van der Waals surface area contributed by atoms with Gasteiger partial charge in [-0.2, -0.15) is 8.78 Å². The first kappa shape index (κ1) is 23.1. The molecule has 0 aromatic heterocycles. The highest BCUT2D eigenvalue weighted by molar-refractivity contribution is 6.01. The number of nitrogens with zero attached hydrogens (tertiary/aromatic N) is 1. The molecular formula is C21H24F2N2O5. The molecule has 0 atom stereocenters. The van der Waals surface area contributed by atoms with Crippen LogP contribution in [0.3, 0.4) is 0 Å². The number of rotatable bonds is 10. The monoisotopic (exact) mass is 422 g/mol. The molecule has 1 N–H and O–H groups in total. The molecule has 2 aromatic carbocycles. The average molecular weight is 422 g/mol. The van der Waals surface area contributed by atoms with E-state index in [4.69, 9.17) is 9.47 Å². The summed E-state index contributed by atoms with van der Waals surface area (Å²) in [5.74, 6) is -0.722. The van der Waals surface area contributed by atoms with Crippen molar-refractivity contribution >= 4 is 17.6 Å². The van der Waals surface area contributed by atoms with Crippen LogP contribution in [0.15, 0.2) is 42.5 Å². The minimum atomic E-state index is -2.95. The van der Waals surface area contributed by atoms with Crippen molar-refractivity contribution in [3.63, 3.8) is 0 Å². The first-order chi connectivity index (χ1) is 14.3. The van der Waals surface area contributed by atoms with Gasteiger partial charge in [0.25, 0.3) is 0 Å². The highest BCUT2D eigenvalue weighted by Crippen LogP contribution is 2.29. The van der Waals surface area contributed by atoms with E-state index in [-0.39, 0.29) is 36.1 Å². The SMILES string of the molecule is CCOC(=O)c1ccccc1NC(=O)CN(C)Cc1ccc(OC(F)F)c(OC)c1. The molecule has 0 aliphatic rings. The predicted octanol–water partition coefficient (Wildman–Crippen LogP) is 3.54. The molecule has 2 aromatic rings. The molecule has 0 saturated heterocycles. The zero-order valence-corrected chi connectivity index (χ0v) is 17.0. The van der Waals surface area contributed by atoms with E-state index >= 15 is 0 Å². The number of methoxy groups -OCH3 is 1. The second kappa shape index (κ2) is 11.1. The lowest BCUT2D eigenvalue weighted by Crippen LogP contribution is -2.30. The second-order valence-electron chi connectivity index (χ2n) is 6.35. The summed E-state index contributed by atoms with van der Waals surface area (Å²) in [6.07, 6.45) is 0. The largest absolute Gasteiger partial charge is 0.493 e. The first-order valence-corrected chi connectivity index (χ1v) is 9.20. The van der Waals surface area contributed by atoms with Crippen molar-refractivity contribution in [3.05, 3.63) is 53.6 Å². The average Bonchev–Trinajstić information content (AvgIpc) is 2.69. The summed E-state index contributed by atoms with van der Waals surface area (Å²) in [6.45, 7) is -0.620. The lowest BCUT2D eigenvalue weighted by molar-refractivity contribution is -0.117. The van der Waals surface area contributed by atoms with Gasteiger partial charge in [0.2, 0.25) is 5.91 Å². The predicted molar refractivity (Wildman–Crippen MR) is 107 cm³/mol. The molecule has 0 bridgehead atoms. The van der Waals surface area contributed by atoms with Crippen molar-refractivity contribution in [1.82, 2.24) is 4.90 Å². The Morgan fingerprint density at radius 1 is 1.13 bits per heavy atom. The second-order valence-corrected chi connectivity index (χ2v) is 6.35. The number of anilines is 1. The Morgan fingerprint density at radius 2 is 1.87 bits per heavy atom. The van der Waals surface area contributed by atoms with Crippen LogP contribution >= 0.6 is 0 Å². The number of ether oxygens (including phenoxy) is 3. The highest BCUT2D eigenvalue weighted by atomic mass is 19.3. The van der Waals surface area contributed by atoms with E-state index in [9.17, 15) is 18.4 Å². The Kier molecular flexibility index (Phi) is 8.54. The van der Waals surface area contributed by atoms with Crippen LogP contribution in [0.1, 0.15) is 22.8 Å². The minimum Gasteiger partial charge on any atom is -0.493 e. The van der Waals surface area contributed by atoms with E-state index in [2.05, 4.69) is 10.1 Å². The lowest BCUT2D eigenvalue weighted by atomic mass is 10.1. The van der Waals surface area contributed by atoms with Gasteiger partial charge in [-0.25, -0.2) is 4.79 Å². The van der Waals surface area contributed by atoms with E-state index < -0.39 is 12.6 Å². The maximum Gasteiger partial charge on any atom is 0.387 e. The van der Waals surface area contributed by atoms with Gasteiger partial charge in [-0.1, -0.05) is 18.2 Å². The van der Waals surface area contributed by atoms with E-state index in [0.29, 0.717) is 12.2 Å². The highest BCUT2D eigenvalue weighted by Gasteiger charge is 2.16. The van der Waals surface area contributed by atoms with Crippen LogP contribution < -0.4 is 14.8 Å². The maximum atomic E-state index is 12.4. The fourth-order valence-corrected chi connectivity index (χ4v) is 2.79. The Labute approximate surface area is 173 Å². The normalized spacial score (nSPS) is 10.8. The Morgan fingerprint density at radius 3 is 2.53 bits per heavy atom. The molecule has 2 rings (SSSR count). The molecule has 0 radical (unpaired) electrons. The van der Waals surface area contributed by atoms with Crippen LogP contribution in [0, 0.1) is 0 Å². The number of likely N-dealkylation sites (N-methyl/N-ethyl adjacent to an activating group) is 1. The smallest absolute Gasteiger partial charge is 0.387 e. The number of alkyl halides is 2. The van der Waals surface area contributed by atoms with E-state index in [0.717, 1.165) is 5.56 Å². The van der Waals surface area contributed by atoms with Crippen molar-refractivity contribution in [2.45, 2.75) is 20.1 Å². The van der Waals surface area contributed by atoms with E-state index in [1.165, 1.54) is 13.2 Å². The van der Waals surface area contributed by atoms with Crippen LogP contribution in [0.2, 0.25) is 0 Å². The summed E-state index contributed by atoms with van der Waals surface area (Å²) >= 11 is 0. The molecule has 0 fully saturated rings. The van der Waals surface area contributed by atoms with Crippen LogP contribution in [-0.2, 0) is 16.1 Å². The number of hydrogen-bond donors (Lipinski definition) is 1. The van der Waals surface area contributed by atoms with Crippen LogP contribution in [0.5, 0.6) is 11.5 Å². The number of para-hydroxylation sites is 1. The summed E-state index contributed by atoms with van der Waals surface area (Å²) in [4.78, 5) is 26.2. The summed E-state index contributed by atoms with van der Waals surface area (Å²) in [7, 11) is 3.09. The molecule has 9 heteroatoms. The van der Waals surface area contributed by atoms with Crippen LogP contribution in [0.25, 0.3) is 0 Å². The fourth-order valence-electron chi connectivity index (χ4n) is 2.79. The van der Waals surface area contributed by atoms with Gasteiger partial charge in [-0.15, -0.1) is 0 Å². The zero-order valence-electron chi connectivity index (χ0n) is 17.0. The van der Waals surface area contributed by atoms with Gasteiger partial charge in [-0.3, -0.25) is 9.69 Å².